The third kappa shape index (κ3) is 4.71. The van der Waals surface area contributed by atoms with Gasteiger partial charge < -0.3 is 10.1 Å². The largest absolute Gasteiger partial charge is 0.492 e. The molecule has 1 aromatic rings. The number of benzene rings is 1. The lowest BCUT2D eigenvalue weighted by atomic mass is 10.1. The first-order valence-electron chi connectivity index (χ1n) is 6.21. The highest BCUT2D eigenvalue weighted by Crippen LogP contribution is 2.15. The van der Waals surface area contributed by atoms with Crippen molar-refractivity contribution >= 4 is 26.7 Å². The van der Waals surface area contributed by atoms with Gasteiger partial charge in [0.15, 0.2) is 0 Å². The zero-order chi connectivity index (χ0) is 12.8. The predicted molar refractivity (Wildman–Crippen MR) is 78.5 cm³/mol. The van der Waals surface area contributed by atoms with Gasteiger partial charge in [-0.25, -0.2) is 0 Å². The smallest absolute Gasteiger partial charge is 0.119 e. The Labute approximate surface area is 119 Å². The van der Waals surface area contributed by atoms with Gasteiger partial charge in [0.05, 0.1) is 0 Å². The number of rotatable bonds is 5. The highest BCUT2D eigenvalue weighted by atomic mass is 79.9. The van der Waals surface area contributed by atoms with Gasteiger partial charge in [0.2, 0.25) is 0 Å². The van der Waals surface area contributed by atoms with Gasteiger partial charge in [-0.2, -0.15) is 0 Å². The summed E-state index contributed by atoms with van der Waals surface area (Å²) >= 11 is 3.39. The van der Waals surface area contributed by atoms with E-state index in [9.17, 15) is 4.21 Å². The van der Waals surface area contributed by atoms with Gasteiger partial charge in [-0.1, -0.05) is 15.9 Å². The number of nitrogens with one attached hydrogen (secondary N) is 1. The van der Waals surface area contributed by atoms with Gasteiger partial charge in [0.1, 0.15) is 12.4 Å². The maximum absolute atomic E-state index is 11.2. The van der Waals surface area contributed by atoms with Crippen LogP contribution in [0.1, 0.15) is 12.8 Å². The summed E-state index contributed by atoms with van der Waals surface area (Å²) in [4.78, 5) is 0. The van der Waals surface area contributed by atoms with Crippen molar-refractivity contribution in [3.8, 4) is 5.75 Å². The van der Waals surface area contributed by atoms with Crippen molar-refractivity contribution < 1.29 is 8.95 Å². The van der Waals surface area contributed by atoms with E-state index in [1.54, 1.807) is 0 Å². The van der Waals surface area contributed by atoms with Crippen LogP contribution >= 0.6 is 15.9 Å². The lowest BCUT2D eigenvalue weighted by Crippen LogP contribution is -2.37. The summed E-state index contributed by atoms with van der Waals surface area (Å²) in [6, 6.07) is 8.36. The van der Waals surface area contributed by atoms with E-state index in [1.807, 2.05) is 24.3 Å². The second-order valence-electron chi connectivity index (χ2n) is 4.38. The SMILES string of the molecule is O=S1CCC(NCCOc2ccc(Br)cc2)CC1. The zero-order valence-electron chi connectivity index (χ0n) is 10.2. The maximum Gasteiger partial charge on any atom is 0.119 e. The van der Waals surface area contributed by atoms with E-state index in [2.05, 4.69) is 21.2 Å². The molecule has 0 spiro atoms. The molecule has 1 saturated heterocycles. The number of hydrogen-bond donors (Lipinski definition) is 1. The summed E-state index contributed by atoms with van der Waals surface area (Å²) in [5.41, 5.74) is 0. The molecule has 1 heterocycles. The molecule has 18 heavy (non-hydrogen) atoms. The van der Waals surface area contributed by atoms with Crippen molar-refractivity contribution in [2.75, 3.05) is 24.7 Å². The zero-order valence-corrected chi connectivity index (χ0v) is 12.6. The van der Waals surface area contributed by atoms with Crippen LogP contribution in [0, 0.1) is 0 Å². The van der Waals surface area contributed by atoms with Crippen LogP contribution in [0.4, 0.5) is 0 Å². The van der Waals surface area contributed by atoms with Crippen molar-refractivity contribution in [1.82, 2.24) is 5.32 Å². The van der Waals surface area contributed by atoms with Gasteiger partial charge >= 0.3 is 0 Å². The number of ether oxygens (including phenoxy) is 1. The van der Waals surface area contributed by atoms with Gasteiger partial charge in [-0.3, -0.25) is 4.21 Å². The van der Waals surface area contributed by atoms with Crippen molar-refractivity contribution in [3.05, 3.63) is 28.7 Å². The van der Waals surface area contributed by atoms with Gasteiger partial charge in [-0.05, 0) is 37.1 Å². The molecular formula is C13H18BrNO2S. The minimum Gasteiger partial charge on any atom is -0.492 e. The fraction of sp³-hybridized carbons (Fsp3) is 0.538. The Balaban J connectivity index is 1.61. The standard InChI is InChI=1S/C13H18BrNO2S/c14-11-1-3-13(4-2-11)17-8-7-15-12-5-9-18(16)10-6-12/h1-4,12,15H,5-10H2. The molecule has 0 amide bonds. The monoisotopic (exact) mass is 331 g/mol. The van der Waals surface area contributed by atoms with Crippen LogP contribution < -0.4 is 10.1 Å². The first kappa shape index (κ1) is 14.0. The molecule has 1 N–H and O–H groups in total. The first-order valence-corrected chi connectivity index (χ1v) is 8.49. The summed E-state index contributed by atoms with van der Waals surface area (Å²) in [6.45, 7) is 1.51. The Hall–Kier alpha value is -0.390. The highest BCUT2D eigenvalue weighted by molar-refractivity contribution is 9.10. The lowest BCUT2D eigenvalue weighted by molar-refractivity contribution is 0.302. The fourth-order valence-corrected chi connectivity index (χ4v) is 3.52. The van der Waals surface area contributed by atoms with Crippen LogP contribution in [0.3, 0.4) is 0 Å². The second kappa shape index (κ2) is 7.26. The minimum atomic E-state index is -0.576. The number of halogens is 1. The van der Waals surface area contributed by atoms with Crippen molar-refractivity contribution in [1.29, 1.82) is 0 Å². The van der Waals surface area contributed by atoms with Crippen LogP contribution in [0.5, 0.6) is 5.75 Å². The predicted octanol–water partition coefficient (Wildman–Crippen LogP) is 2.33. The van der Waals surface area contributed by atoms with E-state index in [1.165, 1.54) is 0 Å². The molecule has 100 valence electrons. The van der Waals surface area contributed by atoms with Gasteiger partial charge in [0, 0.05) is 39.4 Å². The lowest BCUT2D eigenvalue weighted by Gasteiger charge is -2.22. The summed E-state index contributed by atoms with van der Waals surface area (Å²) in [7, 11) is -0.576. The van der Waals surface area contributed by atoms with E-state index >= 15 is 0 Å². The van der Waals surface area contributed by atoms with E-state index in [4.69, 9.17) is 4.74 Å². The van der Waals surface area contributed by atoms with Crippen molar-refractivity contribution in [2.45, 2.75) is 18.9 Å². The summed E-state index contributed by atoms with van der Waals surface area (Å²) < 4.78 is 17.9. The van der Waals surface area contributed by atoms with Gasteiger partial charge in [0.25, 0.3) is 0 Å². The molecule has 0 bridgehead atoms. The Morgan fingerprint density at radius 1 is 1.28 bits per heavy atom. The molecule has 0 aromatic heterocycles. The van der Waals surface area contributed by atoms with E-state index in [0.29, 0.717) is 12.6 Å². The number of hydrogen-bond acceptors (Lipinski definition) is 3. The van der Waals surface area contributed by atoms with Gasteiger partial charge in [-0.15, -0.1) is 0 Å². The summed E-state index contributed by atoms with van der Waals surface area (Å²) in [5.74, 6) is 2.57. The fourth-order valence-electron chi connectivity index (χ4n) is 1.96. The molecule has 2 rings (SSSR count). The molecular weight excluding hydrogens is 314 g/mol. The molecule has 0 unspecified atom stereocenters. The van der Waals surface area contributed by atoms with Crippen LogP contribution in [-0.2, 0) is 10.8 Å². The highest BCUT2D eigenvalue weighted by Gasteiger charge is 2.16. The normalized spacial score (nSPS) is 23.8. The molecule has 3 nitrogen and oxygen atoms in total. The molecule has 1 aliphatic rings. The van der Waals surface area contributed by atoms with Crippen molar-refractivity contribution in [3.63, 3.8) is 0 Å². The molecule has 1 aliphatic heterocycles. The Morgan fingerprint density at radius 3 is 2.61 bits per heavy atom. The molecule has 1 aromatic carbocycles. The third-order valence-corrected chi connectivity index (χ3v) is 4.92. The summed E-state index contributed by atoms with van der Waals surface area (Å²) in [5, 5.41) is 3.46. The van der Waals surface area contributed by atoms with Crippen LogP contribution in [0.2, 0.25) is 0 Å². The molecule has 0 saturated carbocycles. The average Bonchev–Trinajstić information content (AvgIpc) is 2.39. The topological polar surface area (TPSA) is 38.3 Å². The Morgan fingerprint density at radius 2 is 1.94 bits per heavy atom. The minimum absolute atomic E-state index is 0.510. The first-order chi connectivity index (χ1) is 8.74. The van der Waals surface area contributed by atoms with Crippen LogP contribution in [0.25, 0.3) is 0 Å². The van der Waals surface area contributed by atoms with Crippen molar-refractivity contribution in [2.24, 2.45) is 0 Å². The maximum atomic E-state index is 11.2. The molecule has 0 aliphatic carbocycles. The molecule has 1 fully saturated rings. The van der Waals surface area contributed by atoms with E-state index < -0.39 is 10.8 Å². The van der Waals surface area contributed by atoms with Crippen LogP contribution in [0.15, 0.2) is 28.7 Å². The molecule has 0 radical (unpaired) electrons. The molecule has 0 atom stereocenters. The van der Waals surface area contributed by atoms with E-state index in [-0.39, 0.29) is 0 Å². The molecule has 5 heteroatoms. The average molecular weight is 332 g/mol. The Bertz CT molecular complexity index is 386. The van der Waals surface area contributed by atoms with Crippen LogP contribution in [-0.4, -0.2) is 34.9 Å². The third-order valence-electron chi connectivity index (χ3n) is 3.01. The van der Waals surface area contributed by atoms with E-state index in [0.717, 1.165) is 41.1 Å². The Kier molecular flexibility index (Phi) is 5.66. The second-order valence-corrected chi connectivity index (χ2v) is 6.99. The summed E-state index contributed by atoms with van der Waals surface area (Å²) in [6.07, 6.45) is 2.04. The quantitative estimate of drug-likeness (QED) is 0.841.